The van der Waals surface area contributed by atoms with Gasteiger partial charge >= 0.3 is 0 Å². The summed E-state index contributed by atoms with van der Waals surface area (Å²) in [4.78, 5) is 0. The third-order valence-electron chi connectivity index (χ3n) is 3.82. The average molecular weight is 225 g/mol. The van der Waals surface area contributed by atoms with Gasteiger partial charge in [-0.1, -0.05) is 52.9 Å². The molecule has 0 aromatic rings. The van der Waals surface area contributed by atoms with E-state index in [-0.39, 0.29) is 0 Å². The maximum atomic E-state index is 3.64. The van der Waals surface area contributed by atoms with Gasteiger partial charge in [-0.05, 0) is 37.1 Å². The predicted molar refractivity (Wildman–Crippen MR) is 72.8 cm³/mol. The van der Waals surface area contributed by atoms with Crippen molar-refractivity contribution >= 4 is 0 Å². The fourth-order valence-corrected chi connectivity index (χ4v) is 2.42. The van der Waals surface area contributed by atoms with Crippen molar-refractivity contribution in [2.24, 2.45) is 11.3 Å². The van der Waals surface area contributed by atoms with Crippen molar-refractivity contribution in [2.75, 3.05) is 13.1 Å². The smallest absolute Gasteiger partial charge is 0.000792 e. The predicted octanol–water partition coefficient (Wildman–Crippen LogP) is 4.37. The van der Waals surface area contributed by atoms with Gasteiger partial charge in [0.05, 0.1) is 0 Å². The molecule has 1 aliphatic rings. The average Bonchev–Trinajstić information content (AvgIpc) is 2.98. The lowest BCUT2D eigenvalue weighted by Crippen LogP contribution is -2.27. The van der Waals surface area contributed by atoms with Crippen LogP contribution in [-0.4, -0.2) is 13.1 Å². The monoisotopic (exact) mass is 225 g/mol. The third kappa shape index (κ3) is 5.89. The van der Waals surface area contributed by atoms with Crippen LogP contribution in [0.1, 0.15) is 72.1 Å². The van der Waals surface area contributed by atoms with Gasteiger partial charge in [0.15, 0.2) is 0 Å². The Morgan fingerprint density at radius 1 is 1.06 bits per heavy atom. The largest absolute Gasteiger partial charge is 0.316 e. The highest BCUT2D eigenvalue weighted by molar-refractivity contribution is 4.94. The van der Waals surface area contributed by atoms with Crippen LogP contribution in [0.2, 0.25) is 0 Å². The van der Waals surface area contributed by atoms with E-state index in [1.54, 1.807) is 0 Å². The van der Waals surface area contributed by atoms with Gasteiger partial charge in [0, 0.05) is 6.54 Å². The topological polar surface area (TPSA) is 12.0 Å². The van der Waals surface area contributed by atoms with Crippen LogP contribution in [0.3, 0.4) is 0 Å². The third-order valence-corrected chi connectivity index (χ3v) is 3.82. The molecule has 0 heterocycles. The second kappa shape index (κ2) is 7.32. The van der Waals surface area contributed by atoms with Gasteiger partial charge < -0.3 is 5.32 Å². The molecule has 1 fully saturated rings. The van der Waals surface area contributed by atoms with E-state index in [1.807, 2.05) is 0 Å². The quantitative estimate of drug-likeness (QED) is 0.544. The standard InChI is InChI=1S/C15H31N/c1-4-5-6-7-8-9-15(10-11-15)13-16-12-14(2)3/h14,16H,4-13H2,1-3H3. The Balaban J connectivity index is 1.97. The number of nitrogens with one attached hydrogen (secondary N) is 1. The number of rotatable bonds is 10. The minimum Gasteiger partial charge on any atom is -0.316 e. The first kappa shape index (κ1) is 14.0. The first-order valence-electron chi connectivity index (χ1n) is 7.39. The van der Waals surface area contributed by atoms with Crippen molar-refractivity contribution < 1.29 is 0 Å². The number of hydrogen-bond donors (Lipinski definition) is 1. The van der Waals surface area contributed by atoms with E-state index in [4.69, 9.17) is 0 Å². The fraction of sp³-hybridized carbons (Fsp3) is 1.00. The Morgan fingerprint density at radius 3 is 2.31 bits per heavy atom. The van der Waals surface area contributed by atoms with E-state index in [2.05, 4.69) is 26.1 Å². The molecule has 0 aromatic carbocycles. The minimum absolute atomic E-state index is 0.723. The maximum absolute atomic E-state index is 3.64. The molecule has 0 radical (unpaired) electrons. The van der Waals surface area contributed by atoms with Crippen molar-refractivity contribution in [3.8, 4) is 0 Å². The minimum atomic E-state index is 0.723. The van der Waals surface area contributed by atoms with E-state index in [1.165, 1.54) is 64.5 Å². The maximum Gasteiger partial charge on any atom is 0.000792 e. The van der Waals surface area contributed by atoms with E-state index in [0.717, 1.165) is 11.3 Å². The molecule has 0 saturated heterocycles. The van der Waals surface area contributed by atoms with Crippen LogP contribution in [0, 0.1) is 11.3 Å². The molecule has 1 N–H and O–H groups in total. The van der Waals surface area contributed by atoms with Gasteiger partial charge in [-0.3, -0.25) is 0 Å². The Bertz CT molecular complexity index is 170. The summed E-state index contributed by atoms with van der Waals surface area (Å²) in [7, 11) is 0. The molecule has 16 heavy (non-hydrogen) atoms. The van der Waals surface area contributed by atoms with E-state index >= 15 is 0 Å². The Morgan fingerprint density at radius 2 is 1.75 bits per heavy atom. The zero-order valence-corrected chi connectivity index (χ0v) is 11.6. The molecule has 0 aromatic heterocycles. The molecule has 1 nitrogen and oxygen atoms in total. The van der Waals surface area contributed by atoms with Gasteiger partial charge in [0.1, 0.15) is 0 Å². The van der Waals surface area contributed by atoms with E-state index in [0.29, 0.717) is 0 Å². The van der Waals surface area contributed by atoms with Gasteiger partial charge in [-0.2, -0.15) is 0 Å². The van der Waals surface area contributed by atoms with E-state index < -0.39 is 0 Å². The normalized spacial score (nSPS) is 18.0. The molecule has 0 atom stereocenters. The molecule has 0 unspecified atom stereocenters. The van der Waals surface area contributed by atoms with Crippen LogP contribution in [0.25, 0.3) is 0 Å². The van der Waals surface area contributed by atoms with Crippen LogP contribution < -0.4 is 5.32 Å². The van der Waals surface area contributed by atoms with Crippen LogP contribution in [-0.2, 0) is 0 Å². The molecule has 0 spiro atoms. The van der Waals surface area contributed by atoms with Crippen molar-refractivity contribution in [1.29, 1.82) is 0 Å². The molecule has 0 amide bonds. The number of hydrogen-bond acceptors (Lipinski definition) is 1. The molecule has 1 aliphatic carbocycles. The lowest BCUT2D eigenvalue weighted by atomic mass is 9.97. The van der Waals surface area contributed by atoms with Crippen LogP contribution in [0.15, 0.2) is 0 Å². The highest BCUT2D eigenvalue weighted by Crippen LogP contribution is 2.49. The molecule has 1 rings (SSSR count). The summed E-state index contributed by atoms with van der Waals surface area (Å²) in [5.41, 5.74) is 0.723. The SMILES string of the molecule is CCCCCCCC1(CNCC(C)C)CC1. The zero-order chi connectivity index (χ0) is 11.9. The van der Waals surface area contributed by atoms with Crippen molar-refractivity contribution in [2.45, 2.75) is 72.1 Å². The van der Waals surface area contributed by atoms with Crippen LogP contribution >= 0.6 is 0 Å². The highest BCUT2D eigenvalue weighted by atomic mass is 14.9. The van der Waals surface area contributed by atoms with Crippen molar-refractivity contribution in [3.63, 3.8) is 0 Å². The summed E-state index contributed by atoms with van der Waals surface area (Å²) in [6.07, 6.45) is 11.6. The van der Waals surface area contributed by atoms with Crippen molar-refractivity contribution in [3.05, 3.63) is 0 Å². The highest BCUT2D eigenvalue weighted by Gasteiger charge is 2.40. The van der Waals surface area contributed by atoms with Gasteiger partial charge in [-0.15, -0.1) is 0 Å². The fourth-order valence-electron chi connectivity index (χ4n) is 2.42. The summed E-state index contributed by atoms with van der Waals surface area (Å²) < 4.78 is 0. The summed E-state index contributed by atoms with van der Waals surface area (Å²) in [5.74, 6) is 0.792. The van der Waals surface area contributed by atoms with Gasteiger partial charge in [0.25, 0.3) is 0 Å². The molecular weight excluding hydrogens is 194 g/mol. The second-order valence-electron chi connectivity index (χ2n) is 6.19. The van der Waals surface area contributed by atoms with Gasteiger partial charge in [-0.25, -0.2) is 0 Å². The molecule has 96 valence electrons. The summed E-state index contributed by atoms with van der Waals surface area (Å²) in [6.45, 7) is 9.34. The Hall–Kier alpha value is -0.0400. The number of unbranched alkanes of at least 4 members (excludes halogenated alkanes) is 4. The Kier molecular flexibility index (Phi) is 6.41. The summed E-state index contributed by atoms with van der Waals surface area (Å²) in [6, 6.07) is 0. The first-order chi connectivity index (χ1) is 7.68. The molecule has 1 heteroatoms. The molecule has 1 saturated carbocycles. The van der Waals surface area contributed by atoms with Crippen molar-refractivity contribution in [1.82, 2.24) is 5.32 Å². The molecule has 0 aliphatic heterocycles. The van der Waals surface area contributed by atoms with Crippen LogP contribution in [0.4, 0.5) is 0 Å². The summed E-state index contributed by atoms with van der Waals surface area (Å²) in [5, 5.41) is 3.64. The van der Waals surface area contributed by atoms with E-state index in [9.17, 15) is 0 Å². The van der Waals surface area contributed by atoms with Gasteiger partial charge in [0.2, 0.25) is 0 Å². The zero-order valence-electron chi connectivity index (χ0n) is 11.6. The van der Waals surface area contributed by atoms with Crippen LogP contribution in [0.5, 0.6) is 0 Å². The lowest BCUT2D eigenvalue weighted by Gasteiger charge is -2.17. The Labute approximate surface area is 102 Å². The molecule has 0 bridgehead atoms. The second-order valence-corrected chi connectivity index (χ2v) is 6.19. The lowest BCUT2D eigenvalue weighted by molar-refractivity contribution is 0.391. The molecular formula is C15H31N. The first-order valence-corrected chi connectivity index (χ1v) is 7.39. The summed E-state index contributed by atoms with van der Waals surface area (Å²) >= 11 is 0.